The molecule has 0 aromatic rings. The van der Waals surface area contributed by atoms with E-state index in [1.54, 1.807) is 0 Å². The van der Waals surface area contributed by atoms with Crippen LogP contribution in [0.4, 0.5) is 0 Å². The first-order chi connectivity index (χ1) is 6.72. The molecular formula is C12H26N2. The summed E-state index contributed by atoms with van der Waals surface area (Å²) in [6.07, 6.45) is 3.80. The van der Waals surface area contributed by atoms with E-state index in [4.69, 9.17) is 0 Å². The van der Waals surface area contributed by atoms with Gasteiger partial charge in [-0.1, -0.05) is 20.8 Å². The van der Waals surface area contributed by atoms with E-state index in [0.717, 1.165) is 12.1 Å². The molecule has 1 aliphatic rings. The number of piperazine rings is 1. The molecular weight excluding hydrogens is 172 g/mol. The predicted molar refractivity (Wildman–Crippen MR) is 62.6 cm³/mol. The van der Waals surface area contributed by atoms with Crippen LogP contribution in [0.1, 0.15) is 47.0 Å². The van der Waals surface area contributed by atoms with Crippen LogP contribution >= 0.6 is 0 Å². The molecule has 1 heterocycles. The second-order valence-corrected chi connectivity index (χ2v) is 4.53. The van der Waals surface area contributed by atoms with Gasteiger partial charge in [-0.15, -0.1) is 0 Å². The van der Waals surface area contributed by atoms with Crippen LogP contribution in [0.5, 0.6) is 0 Å². The zero-order valence-electron chi connectivity index (χ0n) is 10.2. The highest BCUT2D eigenvalue weighted by molar-refractivity contribution is 4.87. The highest BCUT2D eigenvalue weighted by Gasteiger charge is 2.28. The van der Waals surface area contributed by atoms with Crippen molar-refractivity contribution in [3.05, 3.63) is 0 Å². The SMILES string of the molecule is CCC1CN(C(C)CC)C(CC)CN1. The van der Waals surface area contributed by atoms with Crippen LogP contribution in [0.2, 0.25) is 0 Å². The average Bonchev–Trinajstić information content (AvgIpc) is 2.27. The topological polar surface area (TPSA) is 15.3 Å². The maximum absolute atomic E-state index is 3.64. The van der Waals surface area contributed by atoms with E-state index in [1.807, 2.05) is 0 Å². The van der Waals surface area contributed by atoms with Crippen molar-refractivity contribution in [3.8, 4) is 0 Å². The van der Waals surface area contributed by atoms with Crippen LogP contribution in [0.15, 0.2) is 0 Å². The monoisotopic (exact) mass is 198 g/mol. The summed E-state index contributed by atoms with van der Waals surface area (Å²) in [6, 6.07) is 2.22. The second kappa shape index (κ2) is 5.72. The van der Waals surface area contributed by atoms with Gasteiger partial charge in [0.2, 0.25) is 0 Å². The second-order valence-electron chi connectivity index (χ2n) is 4.53. The maximum Gasteiger partial charge on any atom is 0.0221 e. The van der Waals surface area contributed by atoms with E-state index in [-0.39, 0.29) is 0 Å². The quantitative estimate of drug-likeness (QED) is 0.745. The minimum absolute atomic E-state index is 0.715. The van der Waals surface area contributed by atoms with Gasteiger partial charge in [0.05, 0.1) is 0 Å². The van der Waals surface area contributed by atoms with Crippen LogP contribution in [0, 0.1) is 0 Å². The number of rotatable bonds is 4. The van der Waals surface area contributed by atoms with Crippen LogP contribution < -0.4 is 5.32 Å². The Hall–Kier alpha value is -0.0800. The zero-order valence-corrected chi connectivity index (χ0v) is 10.2. The van der Waals surface area contributed by atoms with Crippen molar-refractivity contribution in [3.63, 3.8) is 0 Å². The van der Waals surface area contributed by atoms with Crippen molar-refractivity contribution in [1.82, 2.24) is 10.2 Å². The van der Waals surface area contributed by atoms with E-state index in [1.165, 1.54) is 32.4 Å². The third-order valence-electron chi connectivity index (χ3n) is 3.66. The minimum atomic E-state index is 0.715. The third kappa shape index (κ3) is 2.71. The van der Waals surface area contributed by atoms with Gasteiger partial charge in [0.1, 0.15) is 0 Å². The third-order valence-corrected chi connectivity index (χ3v) is 3.66. The van der Waals surface area contributed by atoms with Gasteiger partial charge in [0.15, 0.2) is 0 Å². The molecule has 1 N–H and O–H groups in total. The molecule has 0 aromatic heterocycles. The molecule has 0 bridgehead atoms. The Bertz CT molecular complexity index is 158. The molecule has 3 unspecified atom stereocenters. The van der Waals surface area contributed by atoms with Crippen molar-refractivity contribution in [1.29, 1.82) is 0 Å². The summed E-state index contributed by atoms with van der Waals surface area (Å²) in [5.41, 5.74) is 0. The van der Waals surface area contributed by atoms with Crippen LogP contribution in [0.25, 0.3) is 0 Å². The van der Waals surface area contributed by atoms with Gasteiger partial charge in [0, 0.05) is 31.2 Å². The van der Waals surface area contributed by atoms with Gasteiger partial charge in [0.25, 0.3) is 0 Å². The average molecular weight is 198 g/mol. The Balaban J connectivity index is 2.55. The molecule has 14 heavy (non-hydrogen) atoms. The smallest absolute Gasteiger partial charge is 0.0221 e. The standard InChI is InChI=1S/C12H26N2/c1-5-10(4)14-9-11(6-2)13-8-12(14)7-3/h10-13H,5-9H2,1-4H3. The van der Waals surface area contributed by atoms with Crippen LogP contribution in [-0.2, 0) is 0 Å². The summed E-state index contributed by atoms with van der Waals surface area (Å²) in [7, 11) is 0. The fourth-order valence-corrected chi connectivity index (χ4v) is 2.31. The first kappa shape index (κ1) is 12.0. The summed E-state index contributed by atoms with van der Waals surface area (Å²) in [4.78, 5) is 2.70. The lowest BCUT2D eigenvalue weighted by atomic mass is 10.0. The first-order valence-electron chi connectivity index (χ1n) is 6.21. The highest BCUT2D eigenvalue weighted by atomic mass is 15.2. The number of hydrogen-bond acceptors (Lipinski definition) is 2. The Kier molecular flexibility index (Phi) is 4.90. The first-order valence-corrected chi connectivity index (χ1v) is 6.21. The molecule has 84 valence electrons. The number of hydrogen-bond donors (Lipinski definition) is 1. The van der Waals surface area contributed by atoms with Gasteiger partial charge in [-0.2, -0.15) is 0 Å². The molecule has 2 nitrogen and oxygen atoms in total. The lowest BCUT2D eigenvalue weighted by Gasteiger charge is -2.43. The Morgan fingerprint density at radius 1 is 1.29 bits per heavy atom. The van der Waals surface area contributed by atoms with Crippen LogP contribution in [-0.4, -0.2) is 36.1 Å². The molecule has 1 saturated heterocycles. The summed E-state index contributed by atoms with van der Waals surface area (Å²) in [6.45, 7) is 11.6. The van der Waals surface area contributed by atoms with Crippen molar-refractivity contribution >= 4 is 0 Å². The van der Waals surface area contributed by atoms with Crippen molar-refractivity contribution in [2.24, 2.45) is 0 Å². The molecule has 2 heteroatoms. The van der Waals surface area contributed by atoms with Gasteiger partial charge >= 0.3 is 0 Å². The molecule has 1 fully saturated rings. The summed E-state index contributed by atoms with van der Waals surface area (Å²) in [5.74, 6) is 0. The van der Waals surface area contributed by atoms with Gasteiger partial charge in [-0.05, 0) is 26.2 Å². The minimum Gasteiger partial charge on any atom is -0.311 e. The maximum atomic E-state index is 3.64. The highest BCUT2D eigenvalue weighted by Crippen LogP contribution is 2.16. The largest absolute Gasteiger partial charge is 0.311 e. The molecule has 0 amide bonds. The molecule has 0 aliphatic carbocycles. The molecule has 0 radical (unpaired) electrons. The zero-order chi connectivity index (χ0) is 10.6. The van der Waals surface area contributed by atoms with Crippen molar-refractivity contribution in [2.75, 3.05) is 13.1 Å². The molecule has 0 aromatic carbocycles. The summed E-state index contributed by atoms with van der Waals surface area (Å²) >= 11 is 0. The van der Waals surface area contributed by atoms with E-state index in [0.29, 0.717) is 6.04 Å². The Morgan fingerprint density at radius 3 is 2.50 bits per heavy atom. The van der Waals surface area contributed by atoms with Gasteiger partial charge in [-0.25, -0.2) is 0 Å². The Labute approximate surface area is 89.1 Å². The lowest BCUT2D eigenvalue weighted by Crippen LogP contribution is -2.58. The normalized spacial score (nSPS) is 31.7. The van der Waals surface area contributed by atoms with E-state index >= 15 is 0 Å². The fraction of sp³-hybridized carbons (Fsp3) is 1.00. The van der Waals surface area contributed by atoms with E-state index in [2.05, 4.69) is 37.9 Å². The lowest BCUT2D eigenvalue weighted by molar-refractivity contribution is 0.0833. The molecule has 1 rings (SSSR count). The van der Waals surface area contributed by atoms with Crippen molar-refractivity contribution < 1.29 is 0 Å². The number of nitrogens with one attached hydrogen (secondary N) is 1. The number of nitrogens with zero attached hydrogens (tertiary/aromatic N) is 1. The molecule has 3 atom stereocenters. The van der Waals surface area contributed by atoms with Gasteiger partial charge in [-0.3, -0.25) is 4.90 Å². The fourth-order valence-electron chi connectivity index (χ4n) is 2.31. The van der Waals surface area contributed by atoms with E-state index < -0.39 is 0 Å². The predicted octanol–water partition coefficient (Wildman–Crippen LogP) is 2.25. The summed E-state index contributed by atoms with van der Waals surface area (Å²) < 4.78 is 0. The molecule has 0 spiro atoms. The van der Waals surface area contributed by atoms with Gasteiger partial charge < -0.3 is 5.32 Å². The summed E-state index contributed by atoms with van der Waals surface area (Å²) in [5, 5.41) is 3.64. The Morgan fingerprint density at radius 2 is 2.00 bits per heavy atom. The molecule has 1 aliphatic heterocycles. The van der Waals surface area contributed by atoms with Crippen LogP contribution in [0.3, 0.4) is 0 Å². The molecule has 0 saturated carbocycles. The van der Waals surface area contributed by atoms with Crippen molar-refractivity contribution in [2.45, 2.75) is 65.1 Å². The van der Waals surface area contributed by atoms with E-state index in [9.17, 15) is 0 Å².